The number of anilines is 1. The van der Waals surface area contributed by atoms with E-state index in [0.29, 0.717) is 23.8 Å². The molecule has 1 amide bonds. The van der Waals surface area contributed by atoms with Crippen LogP contribution in [0.15, 0.2) is 60.0 Å². The first-order valence-electron chi connectivity index (χ1n) is 11.3. The molecule has 0 spiro atoms. The first kappa shape index (κ1) is 24.0. The molecule has 0 aromatic heterocycles. The zero-order chi connectivity index (χ0) is 22.8. The molecule has 0 saturated carbocycles. The molecule has 0 aliphatic carbocycles. The molecule has 2 aromatic carbocycles. The second-order valence-electron chi connectivity index (χ2n) is 8.28. The van der Waals surface area contributed by atoms with Crippen molar-refractivity contribution in [3.05, 3.63) is 71.1 Å². The highest BCUT2D eigenvalue weighted by molar-refractivity contribution is 7.95. The Balaban J connectivity index is 1.41. The minimum absolute atomic E-state index is 0.144. The van der Waals surface area contributed by atoms with E-state index < -0.39 is 10.0 Å². The van der Waals surface area contributed by atoms with Crippen LogP contribution in [0.2, 0.25) is 0 Å². The second kappa shape index (κ2) is 11.8. The molecule has 2 N–H and O–H groups in total. The molecule has 32 heavy (non-hydrogen) atoms. The van der Waals surface area contributed by atoms with E-state index in [4.69, 9.17) is 0 Å². The summed E-state index contributed by atoms with van der Waals surface area (Å²) >= 11 is 0. The number of hydrogen-bond acceptors (Lipinski definition) is 4. The number of hydrogen-bond donors (Lipinski definition) is 2. The third kappa shape index (κ3) is 7.80. The van der Waals surface area contributed by atoms with Crippen molar-refractivity contribution in [1.82, 2.24) is 10.2 Å². The number of likely N-dealkylation sites (tertiary alicyclic amines) is 1. The zero-order valence-electron chi connectivity index (χ0n) is 18.7. The van der Waals surface area contributed by atoms with E-state index in [-0.39, 0.29) is 5.91 Å². The van der Waals surface area contributed by atoms with Gasteiger partial charge in [-0.15, -0.1) is 0 Å². The van der Waals surface area contributed by atoms with Crippen LogP contribution in [0.25, 0.3) is 6.08 Å². The Hall–Kier alpha value is -2.64. The van der Waals surface area contributed by atoms with Crippen molar-refractivity contribution in [2.75, 3.05) is 24.4 Å². The Morgan fingerprint density at radius 1 is 1.06 bits per heavy atom. The number of nitrogens with zero attached hydrogens (tertiary/aromatic N) is 1. The smallest absolute Gasteiger partial charge is 0.255 e. The Morgan fingerprint density at radius 2 is 1.81 bits per heavy atom. The van der Waals surface area contributed by atoms with Gasteiger partial charge in [-0.3, -0.25) is 9.52 Å². The topological polar surface area (TPSA) is 78.5 Å². The molecule has 1 aliphatic rings. The number of piperidine rings is 1. The Bertz CT molecular complexity index is 989. The number of nitrogens with one attached hydrogen (secondary N) is 2. The van der Waals surface area contributed by atoms with E-state index in [2.05, 4.69) is 21.9 Å². The van der Waals surface area contributed by atoms with Crippen LogP contribution in [0.4, 0.5) is 5.69 Å². The normalized spacial score (nSPS) is 17.3. The summed E-state index contributed by atoms with van der Waals surface area (Å²) in [5, 5.41) is 4.08. The molecule has 3 rings (SSSR count). The number of rotatable bonds is 10. The fourth-order valence-corrected chi connectivity index (χ4v) is 4.72. The van der Waals surface area contributed by atoms with Crippen LogP contribution in [0.5, 0.6) is 0 Å². The maximum absolute atomic E-state index is 12.3. The summed E-state index contributed by atoms with van der Waals surface area (Å²) in [7, 11) is -3.63. The van der Waals surface area contributed by atoms with Gasteiger partial charge in [0.15, 0.2) is 0 Å². The summed E-state index contributed by atoms with van der Waals surface area (Å²) in [5.74, 6) is -0.144. The molecule has 0 bridgehead atoms. The lowest BCUT2D eigenvalue weighted by Gasteiger charge is -2.33. The number of amides is 1. The highest BCUT2D eigenvalue weighted by atomic mass is 32.2. The first-order chi connectivity index (χ1) is 15.4. The number of carbonyl (C=O) groups is 1. The average Bonchev–Trinajstić information content (AvgIpc) is 2.79. The lowest BCUT2D eigenvalue weighted by molar-refractivity contribution is 0.0951. The van der Waals surface area contributed by atoms with Gasteiger partial charge in [0.1, 0.15) is 0 Å². The van der Waals surface area contributed by atoms with Crippen LogP contribution in [0, 0.1) is 0 Å². The molecule has 2 aromatic rings. The van der Waals surface area contributed by atoms with Gasteiger partial charge >= 0.3 is 0 Å². The van der Waals surface area contributed by atoms with Crippen molar-refractivity contribution in [1.29, 1.82) is 0 Å². The molecule has 172 valence electrons. The van der Waals surface area contributed by atoms with E-state index >= 15 is 0 Å². The minimum Gasteiger partial charge on any atom is -0.352 e. The summed E-state index contributed by atoms with van der Waals surface area (Å²) in [4.78, 5) is 14.9. The molecule has 1 fully saturated rings. The second-order valence-corrected chi connectivity index (χ2v) is 9.85. The molecule has 1 saturated heterocycles. The molecule has 1 aliphatic heterocycles. The van der Waals surface area contributed by atoms with Gasteiger partial charge in [0.2, 0.25) is 0 Å². The fraction of sp³-hybridized carbons (Fsp3) is 0.400. The Kier molecular flexibility index (Phi) is 8.88. The quantitative estimate of drug-likeness (QED) is 0.518. The number of unbranched alkanes of at least 4 members (excludes halogenated alkanes) is 1. The van der Waals surface area contributed by atoms with Crippen molar-refractivity contribution < 1.29 is 13.2 Å². The Morgan fingerprint density at radius 3 is 2.53 bits per heavy atom. The van der Waals surface area contributed by atoms with Crippen LogP contribution in [0.1, 0.15) is 54.9 Å². The molecule has 7 heteroatoms. The monoisotopic (exact) mass is 455 g/mol. The van der Waals surface area contributed by atoms with Gasteiger partial charge in [-0.05, 0) is 81.6 Å². The van der Waals surface area contributed by atoms with E-state index in [1.807, 2.05) is 30.3 Å². The molecule has 6 nitrogen and oxygen atoms in total. The zero-order valence-corrected chi connectivity index (χ0v) is 19.5. The molecule has 1 atom stereocenters. The molecule has 1 unspecified atom stereocenters. The lowest BCUT2D eigenvalue weighted by atomic mass is 10.0. The van der Waals surface area contributed by atoms with Crippen LogP contribution in [-0.2, 0) is 10.0 Å². The summed E-state index contributed by atoms with van der Waals surface area (Å²) in [6.45, 7) is 5.21. The summed E-state index contributed by atoms with van der Waals surface area (Å²) in [5.41, 5.74) is 1.72. The molecule has 0 radical (unpaired) electrons. The third-order valence-electron chi connectivity index (χ3n) is 5.74. The van der Waals surface area contributed by atoms with Gasteiger partial charge in [0.25, 0.3) is 15.9 Å². The van der Waals surface area contributed by atoms with Crippen LogP contribution < -0.4 is 10.0 Å². The third-order valence-corrected chi connectivity index (χ3v) is 6.76. The average molecular weight is 456 g/mol. The number of benzene rings is 2. The van der Waals surface area contributed by atoms with Gasteiger partial charge in [-0.2, -0.15) is 0 Å². The molecular weight excluding hydrogens is 422 g/mol. The molecule has 1 heterocycles. The lowest BCUT2D eigenvalue weighted by Crippen LogP contribution is -2.38. The fourth-order valence-electron chi connectivity index (χ4n) is 3.85. The summed E-state index contributed by atoms with van der Waals surface area (Å²) in [6.07, 6.45) is 7.46. The highest BCUT2D eigenvalue weighted by Crippen LogP contribution is 2.17. The van der Waals surface area contributed by atoms with Gasteiger partial charge < -0.3 is 10.2 Å². The SMILES string of the molecule is CC1CCCCN1CCCCNC(=O)c1ccc(NS(=O)(=O)/C=C/c2ccccc2)cc1. The largest absolute Gasteiger partial charge is 0.352 e. The van der Waals surface area contributed by atoms with Gasteiger partial charge in [-0.1, -0.05) is 36.8 Å². The summed E-state index contributed by atoms with van der Waals surface area (Å²) in [6, 6.07) is 16.3. The summed E-state index contributed by atoms with van der Waals surface area (Å²) < 4.78 is 27.0. The van der Waals surface area contributed by atoms with Gasteiger partial charge in [0.05, 0.1) is 5.41 Å². The van der Waals surface area contributed by atoms with E-state index in [1.165, 1.54) is 31.9 Å². The maximum atomic E-state index is 12.3. The minimum atomic E-state index is -3.63. The van der Waals surface area contributed by atoms with Gasteiger partial charge in [0, 0.05) is 23.8 Å². The predicted molar refractivity (Wildman–Crippen MR) is 131 cm³/mol. The predicted octanol–water partition coefficient (Wildman–Crippen LogP) is 4.48. The van der Waals surface area contributed by atoms with Crippen LogP contribution >= 0.6 is 0 Å². The van der Waals surface area contributed by atoms with Crippen molar-refractivity contribution in [3.63, 3.8) is 0 Å². The van der Waals surface area contributed by atoms with Crippen molar-refractivity contribution in [2.24, 2.45) is 0 Å². The highest BCUT2D eigenvalue weighted by Gasteiger charge is 2.17. The van der Waals surface area contributed by atoms with E-state index in [9.17, 15) is 13.2 Å². The van der Waals surface area contributed by atoms with E-state index in [0.717, 1.165) is 30.4 Å². The Labute approximate surface area is 191 Å². The standard InChI is InChI=1S/C25H33N3O3S/c1-21-9-5-7-18-28(21)19-8-6-17-26-25(29)23-12-14-24(15-13-23)27-32(30,31)20-16-22-10-3-2-4-11-22/h2-4,10-16,20-21,27H,5-9,17-19H2,1H3,(H,26,29)/b20-16+. The van der Waals surface area contributed by atoms with Gasteiger partial charge in [-0.25, -0.2) is 8.42 Å². The van der Waals surface area contributed by atoms with E-state index in [1.54, 1.807) is 24.3 Å². The number of carbonyl (C=O) groups excluding carboxylic acids is 1. The molecular formula is C25H33N3O3S. The van der Waals surface area contributed by atoms with Crippen molar-refractivity contribution >= 4 is 27.7 Å². The van der Waals surface area contributed by atoms with Crippen molar-refractivity contribution in [3.8, 4) is 0 Å². The van der Waals surface area contributed by atoms with Crippen LogP contribution in [-0.4, -0.2) is 44.9 Å². The number of sulfonamides is 1. The first-order valence-corrected chi connectivity index (χ1v) is 12.9. The van der Waals surface area contributed by atoms with Crippen molar-refractivity contribution in [2.45, 2.75) is 45.1 Å². The maximum Gasteiger partial charge on any atom is 0.255 e. The van der Waals surface area contributed by atoms with Crippen LogP contribution in [0.3, 0.4) is 0 Å².